The van der Waals surface area contributed by atoms with Crippen molar-refractivity contribution in [1.82, 2.24) is 15.0 Å². The number of fused-ring (bicyclic) bond motifs is 1. The quantitative estimate of drug-likeness (QED) is 0.488. The predicted molar refractivity (Wildman–Crippen MR) is 93.2 cm³/mol. The van der Waals surface area contributed by atoms with Gasteiger partial charge in [-0.1, -0.05) is 17.7 Å². The van der Waals surface area contributed by atoms with Crippen molar-refractivity contribution in [2.45, 2.75) is 0 Å². The van der Waals surface area contributed by atoms with E-state index < -0.39 is 0 Å². The largest absolute Gasteiger partial charge is 0.265 e. The van der Waals surface area contributed by atoms with E-state index in [2.05, 4.69) is 27.1 Å². The number of nitrogens with zero attached hydrogens (tertiary/aromatic N) is 3. The van der Waals surface area contributed by atoms with Gasteiger partial charge in [0.15, 0.2) is 0 Å². The first-order valence-corrected chi connectivity index (χ1v) is 7.60. The topological polar surface area (TPSA) is 38.7 Å². The van der Waals surface area contributed by atoms with E-state index in [1.165, 1.54) is 0 Å². The molecule has 23 heavy (non-hydrogen) atoms. The molecular weight excluding hydrogens is 306 g/mol. The Balaban J connectivity index is 1.92. The van der Waals surface area contributed by atoms with Crippen molar-refractivity contribution in [1.29, 1.82) is 0 Å². The van der Waals surface area contributed by atoms with Gasteiger partial charge in [-0.25, -0.2) is 4.98 Å². The summed E-state index contributed by atoms with van der Waals surface area (Å²) in [6.07, 6.45) is 7.22. The third kappa shape index (κ3) is 2.67. The number of pyridine rings is 3. The fourth-order valence-electron chi connectivity index (χ4n) is 2.66. The molecule has 0 fully saturated rings. The van der Waals surface area contributed by atoms with E-state index >= 15 is 0 Å². The van der Waals surface area contributed by atoms with Crippen LogP contribution < -0.4 is 0 Å². The van der Waals surface area contributed by atoms with Crippen LogP contribution in [0.5, 0.6) is 0 Å². The number of hydrogen-bond donors (Lipinski definition) is 0. The first-order chi connectivity index (χ1) is 11.3. The molecule has 0 radical (unpaired) electrons. The Hall–Kier alpha value is -2.78. The first-order valence-electron chi connectivity index (χ1n) is 7.22. The van der Waals surface area contributed by atoms with Gasteiger partial charge in [-0.2, -0.15) is 0 Å². The standard InChI is InChI=1S/C19H12ClN3/c20-19-4-2-15(12-23-19)14-1-3-18-17(11-14)16(7-10-22-18)13-5-8-21-9-6-13/h1-12H. The molecule has 110 valence electrons. The summed E-state index contributed by atoms with van der Waals surface area (Å²) < 4.78 is 0. The minimum absolute atomic E-state index is 0.494. The van der Waals surface area contributed by atoms with Crippen molar-refractivity contribution < 1.29 is 0 Å². The summed E-state index contributed by atoms with van der Waals surface area (Å²) in [5.41, 5.74) is 5.34. The molecule has 0 aliphatic rings. The van der Waals surface area contributed by atoms with Gasteiger partial charge in [0.1, 0.15) is 5.15 Å². The molecule has 4 heteroatoms. The van der Waals surface area contributed by atoms with Crippen LogP contribution >= 0.6 is 11.6 Å². The molecule has 0 saturated heterocycles. The monoisotopic (exact) mass is 317 g/mol. The maximum Gasteiger partial charge on any atom is 0.129 e. The highest BCUT2D eigenvalue weighted by molar-refractivity contribution is 6.29. The van der Waals surface area contributed by atoms with Gasteiger partial charge >= 0.3 is 0 Å². The van der Waals surface area contributed by atoms with E-state index in [0.29, 0.717) is 5.15 Å². The van der Waals surface area contributed by atoms with Crippen LogP contribution in [0.2, 0.25) is 5.15 Å². The highest BCUT2D eigenvalue weighted by atomic mass is 35.5. The summed E-state index contributed by atoms with van der Waals surface area (Å²) in [6.45, 7) is 0. The lowest BCUT2D eigenvalue weighted by atomic mass is 9.98. The third-order valence-electron chi connectivity index (χ3n) is 3.79. The van der Waals surface area contributed by atoms with Gasteiger partial charge in [0.2, 0.25) is 0 Å². The summed E-state index contributed by atoms with van der Waals surface area (Å²) >= 11 is 5.87. The van der Waals surface area contributed by atoms with E-state index in [-0.39, 0.29) is 0 Å². The summed E-state index contributed by atoms with van der Waals surface area (Å²) in [4.78, 5) is 12.7. The Morgan fingerprint density at radius 2 is 1.52 bits per heavy atom. The van der Waals surface area contributed by atoms with E-state index in [1.54, 1.807) is 24.7 Å². The molecule has 0 aliphatic heterocycles. The Morgan fingerprint density at radius 1 is 0.696 bits per heavy atom. The minimum Gasteiger partial charge on any atom is -0.265 e. The van der Waals surface area contributed by atoms with Crippen LogP contribution in [-0.2, 0) is 0 Å². The highest BCUT2D eigenvalue weighted by Gasteiger charge is 2.07. The van der Waals surface area contributed by atoms with Gasteiger partial charge in [0, 0.05) is 35.7 Å². The Kier molecular flexibility index (Phi) is 3.48. The summed E-state index contributed by atoms with van der Waals surface area (Å²) in [5, 5.41) is 1.60. The van der Waals surface area contributed by atoms with Crippen molar-refractivity contribution in [2.24, 2.45) is 0 Å². The molecule has 4 aromatic rings. The molecule has 0 spiro atoms. The van der Waals surface area contributed by atoms with Crippen LogP contribution in [0.1, 0.15) is 0 Å². The van der Waals surface area contributed by atoms with E-state index in [1.807, 2.05) is 36.5 Å². The molecule has 4 rings (SSSR count). The van der Waals surface area contributed by atoms with Gasteiger partial charge in [0.25, 0.3) is 0 Å². The number of halogens is 1. The lowest BCUT2D eigenvalue weighted by Crippen LogP contribution is -1.87. The van der Waals surface area contributed by atoms with Crippen LogP contribution in [0, 0.1) is 0 Å². The maximum absolute atomic E-state index is 5.87. The average molecular weight is 318 g/mol. The minimum atomic E-state index is 0.494. The molecular formula is C19H12ClN3. The predicted octanol–water partition coefficient (Wildman–Crippen LogP) is 5.01. The third-order valence-corrected chi connectivity index (χ3v) is 4.02. The van der Waals surface area contributed by atoms with E-state index in [0.717, 1.165) is 33.2 Å². The SMILES string of the molecule is Clc1ccc(-c2ccc3nccc(-c4ccncc4)c3c2)cn1. The molecule has 1 aromatic carbocycles. The summed E-state index contributed by atoms with van der Waals surface area (Å²) in [5.74, 6) is 0. The Bertz CT molecular complexity index is 967. The first kappa shape index (κ1) is 13.9. The number of aromatic nitrogens is 3. The van der Waals surface area contributed by atoms with Gasteiger partial charge in [-0.05, 0) is 59.2 Å². The van der Waals surface area contributed by atoms with Crippen molar-refractivity contribution in [2.75, 3.05) is 0 Å². The second-order valence-electron chi connectivity index (χ2n) is 5.20. The lowest BCUT2D eigenvalue weighted by Gasteiger charge is -2.08. The van der Waals surface area contributed by atoms with E-state index in [4.69, 9.17) is 11.6 Å². The normalized spacial score (nSPS) is 10.8. The van der Waals surface area contributed by atoms with Crippen molar-refractivity contribution in [3.8, 4) is 22.3 Å². The number of rotatable bonds is 2. The molecule has 0 bridgehead atoms. The smallest absolute Gasteiger partial charge is 0.129 e. The zero-order valence-corrected chi connectivity index (χ0v) is 12.9. The molecule has 3 aromatic heterocycles. The molecule has 0 N–H and O–H groups in total. The van der Waals surface area contributed by atoms with Crippen LogP contribution in [0.3, 0.4) is 0 Å². The van der Waals surface area contributed by atoms with Crippen molar-refractivity contribution in [3.05, 3.63) is 78.5 Å². The Labute approximate surface area is 138 Å². The average Bonchev–Trinajstić information content (AvgIpc) is 2.62. The van der Waals surface area contributed by atoms with Crippen LogP contribution in [-0.4, -0.2) is 15.0 Å². The second kappa shape index (κ2) is 5.78. The van der Waals surface area contributed by atoms with Gasteiger partial charge in [-0.3, -0.25) is 9.97 Å². The molecule has 3 heterocycles. The van der Waals surface area contributed by atoms with Gasteiger partial charge < -0.3 is 0 Å². The van der Waals surface area contributed by atoms with Gasteiger partial charge in [-0.15, -0.1) is 0 Å². The van der Waals surface area contributed by atoms with Crippen LogP contribution in [0.15, 0.2) is 73.3 Å². The van der Waals surface area contributed by atoms with Crippen molar-refractivity contribution >= 4 is 22.5 Å². The van der Waals surface area contributed by atoms with Crippen LogP contribution in [0.25, 0.3) is 33.2 Å². The molecule has 3 nitrogen and oxygen atoms in total. The molecule has 0 atom stereocenters. The number of hydrogen-bond acceptors (Lipinski definition) is 3. The summed E-state index contributed by atoms with van der Waals surface area (Å²) in [6, 6.07) is 16.0. The highest BCUT2D eigenvalue weighted by Crippen LogP contribution is 2.30. The van der Waals surface area contributed by atoms with Crippen molar-refractivity contribution in [3.63, 3.8) is 0 Å². The second-order valence-corrected chi connectivity index (χ2v) is 5.58. The van der Waals surface area contributed by atoms with Gasteiger partial charge in [0.05, 0.1) is 5.52 Å². The number of benzene rings is 1. The lowest BCUT2D eigenvalue weighted by molar-refractivity contribution is 1.32. The fourth-order valence-corrected chi connectivity index (χ4v) is 2.77. The van der Waals surface area contributed by atoms with Crippen LogP contribution in [0.4, 0.5) is 0 Å². The summed E-state index contributed by atoms with van der Waals surface area (Å²) in [7, 11) is 0. The zero-order valence-electron chi connectivity index (χ0n) is 12.1. The molecule has 0 amide bonds. The molecule has 0 aliphatic carbocycles. The zero-order chi connectivity index (χ0) is 15.6. The van der Waals surface area contributed by atoms with E-state index in [9.17, 15) is 0 Å². The molecule has 0 saturated carbocycles. The fraction of sp³-hybridized carbons (Fsp3) is 0. The Morgan fingerprint density at radius 3 is 2.30 bits per heavy atom. The molecule has 0 unspecified atom stereocenters. The maximum atomic E-state index is 5.87.